The van der Waals surface area contributed by atoms with Crippen molar-refractivity contribution < 1.29 is 72.5 Å². The predicted molar refractivity (Wildman–Crippen MR) is 443 cm³/mol. The Bertz CT molecular complexity index is 4050. The second-order valence-corrected chi connectivity index (χ2v) is 30.9. The summed E-state index contributed by atoms with van der Waals surface area (Å²) >= 11 is 3.32. The predicted octanol–water partition coefficient (Wildman–Crippen LogP) is 14.9. The van der Waals surface area contributed by atoms with Gasteiger partial charge in [0, 0.05) is 78.8 Å². The molecular formula is C88H122BBrN6O15. The van der Waals surface area contributed by atoms with E-state index in [2.05, 4.69) is 87.4 Å². The number of aryl methyl sites for hydroxylation is 7. The molecule has 0 aromatic heterocycles. The van der Waals surface area contributed by atoms with E-state index in [9.17, 15) is 43.6 Å². The molecule has 1 heterocycles. The lowest BCUT2D eigenvalue weighted by atomic mass is 9.82. The van der Waals surface area contributed by atoms with Gasteiger partial charge in [-0.1, -0.05) is 139 Å². The fourth-order valence-electron chi connectivity index (χ4n) is 12.3. The monoisotopic (exact) mass is 1590 g/mol. The molecule has 0 saturated heterocycles. The molecule has 4 bridgehead atoms. The molecule has 1 aliphatic rings. The number of rotatable bonds is 31. The minimum Gasteiger partial charge on any atom is -0.492 e. The van der Waals surface area contributed by atoms with Crippen LogP contribution < -0.4 is 32.0 Å². The number of Topliss-reactive ketones (excluding diaryl/α,β-unsaturated/α-hetero) is 3. The number of nitrogens with one attached hydrogen (secondary N) is 1. The van der Waals surface area contributed by atoms with Crippen molar-refractivity contribution in [2.45, 2.75) is 192 Å². The minimum atomic E-state index is -1.19. The Morgan fingerprint density at radius 3 is 1.49 bits per heavy atom. The van der Waals surface area contributed by atoms with Gasteiger partial charge in [-0.05, 0) is 220 Å². The summed E-state index contributed by atoms with van der Waals surface area (Å²) in [5.41, 5.74) is 29.4. The first-order chi connectivity index (χ1) is 52.5. The number of carbonyl (C=O) groups excluding carboxylic acids is 7. The lowest BCUT2D eigenvalue weighted by Gasteiger charge is -2.32. The number of ketones is 3. The first-order valence-electron chi connectivity index (χ1n) is 38.5. The van der Waals surface area contributed by atoms with Gasteiger partial charge in [0.1, 0.15) is 30.8 Å². The number of ether oxygens (including phenoxy) is 4. The van der Waals surface area contributed by atoms with Crippen LogP contribution in [-0.2, 0) is 54.3 Å². The number of amides is 2. The van der Waals surface area contributed by atoms with E-state index in [4.69, 9.17) is 46.6 Å². The van der Waals surface area contributed by atoms with Gasteiger partial charge in [-0.25, -0.2) is 14.4 Å². The Balaban J connectivity index is 0.000000494. The average Bonchev–Trinajstić information content (AvgIpc) is 0.776. The Morgan fingerprint density at radius 2 is 1.06 bits per heavy atom. The fraction of sp³-hybridized carbons (Fsp3) is 0.489. The highest BCUT2D eigenvalue weighted by Gasteiger charge is 2.37. The largest absolute Gasteiger partial charge is 0.492 e. The van der Waals surface area contributed by atoms with E-state index in [1.165, 1.54) is 43.7 Å². The number of esters is 2. The summed E-state index contributed by atoms with van der Waals surface area (Å²) in [6.07, 6.45) is 7.58. The van der Waals surface area contributed by atoms with Gasteiger partial charge in [0.25, 0.3) is 0 Å². The van der Waals surface area contributed by atoms with Crippen molar-refractivity contribution in [2.24, 2.45) is 52.7 Å². The van der Waals surface area contributed by atoms with Crippen LogP contribution >= 0.6 is 15.9 Å². The van der Waals surface area contributed by atoms with E-state index < -0.39 is 54.6 Å². The quantitative estimate of drug-likeness (QED) is 0.0121. The number of likely N-dealkylation sites (N-methyl/N-ethyl adjacent to an activating group) is 1. The number of methoxy groups -OCH3 is 2. The number of aromatic carboxylic acids is 1. The van der Waals surface area contributed by atoms with Gasteiger partial charge in [-0.2, -0.15) is 5.26 Å². The summed E-state index contributed by atoms with van der Waals surface area (Å²) in [5.74, 6) is -1.64. The lowest BCUT2D eigenvalue weighted by molar-refractivity contribution is -0.142. The Kier molecular flexibility index (Phi) is 43.5. The lowest BCUT2D eigenvalue weighted by Crippen LogP contribution is -2.46. The van der Waals surface area contributed by atoms with Crippen molar-refractivity contribution in [1.29, 1.82) is 5.26 Å². The topological polar surface area (TPSA) is 351 Å². The Morgan fingerprint density at radius 1 is 0.604 bits per heavy atom. The first kappa shape index (κ1) is 96.3. The molecule has 111 heavy (non-hydrogen) atoms. The molecule has 21 nitrogen and oxygen atoms in total. The van der Waals surface area contributed by atoms with Crippen LogP contribution in [0.5, 0.6) is 11.5 Å². The average molecular weight is 1590 g/mol. The second kappa shape index (κ2) is 50.2. The maximum Gasteiger partial charge on any atom is 0.451 e. The molecule has 0 unspecified atom stereocenters. The number of hydrogen-bond acceptors (Lipinski definition) is 18. The number of carboxylic acids is 1. The number of nitrogens with two attached hydrogens (primary N) is 3. The van der Waals surface area contributed by atoms with Crippen molar-refractivity contribution in [1.82, 2.24) is 10.2 Å². The molecule has 23 heteroatoms. The van der Waals surface area contributed by atoms with Crippen LogP contribution in [0.4, 0.5) is 0 Å². The van der Waals surface area contributed by atoms with Crippen molar-refractivity contribution in [2.75, 3.05) is 54.1 Å². The molecule has 4 atom stereocenters. The highest BCUT2D eigenvalue weighted by molar-refractivity contribution is 9.10. The summed E-state index contributed by atoms with van der Waals surface area (Å²) < 4.78 is 22.5. The zero-order valence-electron chi connectivity index (χ0n) is 68.3. The van der Waals surface area contributed by atoms with Gasteiger partial charge in [0.05, 0.1) is 43.0 Å². The molecule has 2 amide bonds. The van der Waals surface area contributed by atoms with Crippen molar-refractivity contribution in [3.63, 3.8) is 0 Å². The van der Waals surface area contributed by atoms with E-state index in [-0.39, 0.29) is 94.9 Å². The Hall–Kier alpha value is -8.89. The normalized spacial score (nSPS) is 14.0. The number of carboxylic acid groups (broad SMARTS) is 1. The zero-order valence-corrected chi connectivity index (χ0v) is 69.9. The first-order valence-corrected chi connectivity index (χ1v) is 39.3. The summed E-state index contributed by atoms with van der Waals surface area (Å²) in [6.45, 7) is 27.4. The van der Waals surface area contributed by atoms with Gasteiger partial charge in [0.2, 0.25) is 11.8 Å². The molecule has 6 aromatic rings. The summed E-state index contributed by atoms with van der Waals surface area (Å²) in [5, 5.41) is 37.6. The highest BCUT2D eigenvalue weighted by Crippen LogP contribution is 2.41. The van der Waals surface area contributed by atoms with Crippen LogP contribution in [0.15, 0.2) is 114 Å². The molecular weight excluding hydrogens is 1470 g/mol. The van der Waals surface area contributed by atoms with Crippen molar-refractivity contribution >= 4 is 70.1 Å². The molecule has 0 saturated carbocycles. The number of halogens is 1. The third kappa shape index (κ3) is 33.5. The van der Waals surface area contributed by atoms with Gasteiger partial charge in [-0.15, -0.1) is 0 Å². The molecule has 10 N–H and O–H groups in total. The molecule has 0 fully saturated rings. The van der Waals surface area contributed by atoms with E-state index >= 15 is 0 Å². The van der Waals surface area contributed by atoms with Crippen LogP contribution in [0.2, 0.25) is 6.32 Å². The minimum absolute atomic E-state index is 0.0197. The van der Waals surface area contributed by atoms with Crippen LogP contribution in [0.3, 0.4) is 0 Å². The third-order valence-corrected chi connectivity index (χ3v) is 19.3. The summed E-state index contributed by atoms with van der Waals surface area (Å²) in [7, 11) is 3.20. The number of benzene rings is 6. The van der Waals surface area contributed by atoms with E-state index in [1.54, 1.807) is 49.4 Å². The van der Waals surface area contributed by atoms with E-state index in [0.717, 1.165) is 70.8 Å². The van der Waals surface area contributed by atoms with Crippen molar-refractivity contribution in [3.05, 3.63) is 186 Å². The molecule has 0 spiro atoms. The highest BCUT2D eigenvalue weighted by atomic mass is 79.9. The number of fused-ring (bicyclic) bond motifs is 5. The van der Waals surface area contributed by atoms with Crippen LogP contribution in [-0.4, -0.2) is 134 Å². The molecule has 0 radical (unpaired) electrons. The maximum atomic E-state index is 14.6. The molecule has 1 aliphatic heterocycles. The van der Waals surface area contributed by atoms with Crippen LogP contribution in [0.1, 0.15) is 218 Å². The summed E-state index contributed by atoms with van der Waals surface area (Å²) in [6, 6.07) is 33.2. The number of nitrogens with zero attached hydrogens (tertiary/aromatic N) is 2. The number of carbonyl (C=O) groups is 8. The van der Waals surface area contributed by atoms with Gasteiger partial charge in [0.15, 0.2) is 17.3 Å². The molecule has 0 aliphatic carbocycles. The van der Waals surface area contributed by atoms with Gasteiger partial charge in [-0.3, -0.25) is 24.0 Å². The van der Waals surface area contributed by atoms with Gasteiger partial charge >= 0.3 is 25.0 Å². The third-order valence-electron chi connectivity index (χ3n) is 18.8. The van der Waals surface area contributed by atoms with Crippen molar-refractivity contribution in [3.8, 4) is 28.7 Å². The van der Waals surface area contributed by atoms with Crippen LogP contribution in [0.25, 0.3) is 11.1 Å². The number of hydrogen-bond donors (Lipinski definition) is 7. The summed E-state index contributed by atoms with van der Waals surface area (Å²) in [4.78, 5) is 105. The second-order valence-electron chi connectivity index (χ2n) is 30.0. The van der Waals surface area contributed by atoms with E-state index in [0.29, 0.717) is 86.0 Å². The maximum absolute atomic E-state index is 14.6. The Labute approximate surface area is 667 Å². The fourth-order valence-corrected chi connectivity index (χ4v) is 12.8. The molecule has 6 aromatic carbocycles. The molecule has 7 rings (SSSR count). The number of nitriles is 1. The smallest absolute Gasteiger partial charge is 0.451 e. The van der Waals surface area contributed by atoms with Gasteiger partial charge < -0.3 is 61.5 Å². The molecule has 604 valence electrons. The standard InChI is InChI=1S/C47H62N6O7.C14H20O2.C13H18O2.C9H9BrO2.C5H13BO2/c1-29(2)8-9-32-10-13-36(30(3)23-32)41(55)28-35(16-18-49)47(58)53(5)45-34-12-15-44(60-22-20-51)38(27-34)37-25-33(11-14-43(37)59-21-19-50)26-39(40(54)7-6-17-48)52-46(57)31(4)24-42(45)56;1-10(2)5-6-12-7-8-13(11(3)9-12)14(15)16-4;1-9(2)4-5-11-6-7-12(13(14)15)10(3)8-11;1-6-5-7(10)3-4-8(6)9(11)12-2;1-5(2)3-4-6(7)8/h10-15,23,25,27,29,31,35,39,45H,6-9,16,18-22,24,26,28,49-51H2,1-5H3,(H,52,57);7-10H,5-6H2,1-4H3;6-9H,4-5H2,1-3H3,(H,14,15);3-5H,1-2H3;5,7-8H,3-4H2,1-2H3/t31-,35-,39+,45+;;;;/m1..../s1. The van der Waals surface area contributed by atoms with E-state index in [1.807, 2.05) is 94.4 Å². The van der Waals surface area contributed by atoms with Crippen LogP contribution in [0, 0.1) is 74.5 Å². The zero-order chi connectivity index (χ0) is 83.2. The SMILES string of the molecule is CC(C)CCB(O)O.COC(=O)c1ccc(Br)cc1C.COC(=O)c1ccc(CCC(C)C)cc1C.Cc1cc(CCC(C)C)ccc1C(=O)C[C@@H](CCN)C(=O)N(C)[C@@H]1C(=O)C[C@@H](C)C(=O)N[C@H](C(=O)CCC#N)Cc2ccc(OCCN)c(c2)-c2cc1ccc2OCCN.Cc1cc(CCC(C)C)ccc1C(=O)O.